The highest BCUT2D eigenvalue weighted by Gasteiger charge is 2.36. The molecule has 2 N–H and O–H groups in total. The summed E-state index contributed by atoms with van der Waals surface area (Å²) < 4.78 is 1.86. The first-order chi connectivity index (χ1) is 14.0. The van der Waals surface area contributed by atoms with Crippen LogP contribution in [0.25, 0.3) is 10.9 Å². The highest BCUT2D eigenvalue weighted by Crippen LogP contribution is 2.48. The molecule has 1 saturated carbocycles. The first kappa shape index (κ1) is 18.6. The van der Waals surface area contributed by atoms with Crippen molar-refractivity contribution in [1.82, 2.24) is 20.4 Å². The van der Waals surface area contributed by atoms with Gasteiger partial charge in [-0.1, -0.05) is 6.07 Å². The molecule has 1 spiro atoms. The largest absolute Gasteiger partial charge is 0.329 e. The van der Waals surface area contributed by atoms with Crippen LogP contribution in [0.15, 0.2) is 18.2 Å². The van der Waals surface area contributed by atoms with Crippen molar-refractivity contribution in [3.63, 3.8) is 0 Å². The van der Waals surface area contributed by atoms with E-state index in [-0.39, 0.29) is 11.9 Å². The molecule has 154 valence electrons. The number of hydrogen-bond donors (Lipinski definition) is 2. The minimum Gasteiger partial charge on any atom is -0.317 e. The van der Waals surface area contributed by atoms with Crippen LogP contribution < -0.4 is 15.5 Å². The van der Waals surface area contributed by atoms with E-state index in [0.717, 1.165) is 10.9 Å². The highest BCUT2D eigenvalue weighted by atomic mass is 16.2. The first-order valence-electron chi connectivity index (χ1n) is 10.8. The number of aryl methyl sites for hydroxylation is 1. The Morgan fingerprint density at radius 2 is 1.86 bits per heavy atom. The van der Waals surface area contributed by atoms with Crippen LogP contribution >= 0.6 is 0 Å². The summed E-state index contributed by atoms with van der Waals surface area (Å²) in [6.45, 7) is 2.71. The van der Waals surface area contributed by atoms with Crippen LogP contribution in [0.3, 0.4) is 0 Å². The molecular formula is C22H29N5O2. The number of anilines is 1. The molecule has 0 atom stereocenters. The first-order valence-corrected chi connectivity index (χ1v) is 10.8. The number of carbonyl (C=O) groups excluding carboxylic acids is 2. The third-order valence-electron chi connectivity index (χ3n) is 7.35. The van der Waals surface area contributed by atoms with E-state index in [1.807, 2.05) is 11.7 Å². The van der Waals surface area contributed by atoms with E-state index in [2.05, 4.69) is 33.9 Å². The van der Waals surface area contributed by atoms with Gasteiger partial charge in [0.1, 0.15) is 0 Å². The van der Waals surface area contributed by atoms with Crippen molar-refractivity contribution in [3.8, 4) is 0 Å². The Morgan fingerprint density at radius 1 is 1.10 bits per heavy atom. The van der Waals surface area contributed by atoms with Crippen LogP contribution in [0.1, 0.15) is 56.4 Å². The molecule has 0 radical (unpaired) electrons. The summed E-state index contributed by atoms with van der Waals surface area (Å²) in [5, 5.41) is 11.5. The lowest BCUT2D eigenvalue weighted by Crippen LogP contribution is -2.49. The number of hydrogen-bond acceptors (Lipinski definition) is 4. The average molecular weight is 396 g/mol. The van der Waals surface area contributed by atoms with Crippen molar-refractivity contribution < 1.29 is 9.59 Å². The molecule has 1 aromatic heterocycles. The number of imide groups is 1. The smallest absolute Gasteiger partial charge is 0.317 e. The lowest BCUT2D eigenvalue weighted by atomic mass is 9.65. The van der Waals surface area contributed by atoms with Crippen molar-refractivity contribution in [2.45, 2.75) is 50.9 Å². The number of piperidine rings is 1. The van der Waals surface area contributed by atoms with Crippen LogP contribution in [-0.2, 0) is 11.8 Å². The Morgan fingerprint density at radius 3 is 2.59 bits per heavy atom. The van der Waals surface area contributed by atoms with Crippen LogP contribution in [0.4, 0.5) is 10.6 Å². The van der Waals surface area contributed by atoms with E-state index in [4.69, 9.17) is 0 Å². The Hall–Kier alpha value is -2.41. The quantitative estimate of drug-likeness (QED) is 0.819. The zero-order valence-electron chi connectivity index (χ0n) is 17.0. The van der Waals surface area contributed by atoms with Crippen LogP contribution in [0, 0.1) is 5.41 Å². The summed E-state index contributed by atoms with van der Waals surface area (Å²) >= 11 is 0. The van der Waals surface area contributed by atoms with Crippen LogP contribution in [0.2, 0.25) is 0 Å². The summed E-state index contributed by atoms with van der Waals surface area (Å²) in [6.07, 6.45) is 8.13. The Labute approximate surface area is 170 Å². The van der Waals surface area contributed by atoms with Crippen molar-refractivity contribution in [1.29, 1.82) is 0 Å². The van der Waals surface area contributed by atoms with Gasteiger partial charge >= 0.3 is 6.03 Å². The van der Waals surface area contributed by atoms with Gasteiger partial charge in [-0.25, -0.2) is 4.79 Å². The number of benzene rings is 1. The minimum atomic E-state index is -0.384. The lowest BCUT2D eigenvalue weighted by Gasteiger charge is -2.43. The molecule has 3 fully saturated rings. The molecule has 0 bridgehead atoms. The van der Waals surface area contributed by atoms with E-state index in [1.165, 1.54) is 57.2 Å². The van der Waals surface area contributed by atoms with Gasteiger partial charge in [0.05, 0.1) is 5.52 Å². The number of rotatable bonds is 2. The topological polar surface area (TPSA) is 79.3 Å². The third-order valence-corrected chi connectivity index (χ3v) is 7.35. The number of nitrogens with zero attached hydrogens (tertiary/aromatic N) is 3. The number of fused-ring (bicyclic) bond motifs is 1. The monoisotopic (exact) mass is 395 g/mol. The zero-order chi connectivity index (χ0) is 20.0. The lowest BCUT2D eigenvalue weighted by molar-refractivity contribution is -0.120. The second-order valence-electron chi connectivity index (χ2n) is 9.00. The van der Waals surface area contributed by atoms with Crippen molar-refractivity contribution in [3.05, 3.63) is 23.8 Å². The zero-order valence-corrected chi connectivity index (χ0v) is 17.0. The summed E-state index contributed by atoms with van der Waals surface area (Å²) in [5.74, 6) is 1.02. The maximum atomic E-state index is 12.3. The van der Waals surface area contributed by atoms with E-state index in [9.17, 15) is 9.59 Å². The van der Waals surface area contributed by atoms with E-state index >= 15 is 0 Å². The number of nitrogens with one attached hydrogen (secondary N) is 2. The molecule has 3 amide bonds. The number of carbonyl (C=O) groups is 2. The number of urea groups is 1. The van der Waals surface area contributed by atoms with Crippen molar-refractivity contribution in [2.75, 3.05) is 24.5 Å². The summed E-state index contributed by atoms with van der Waals surface area (Å²) in [4.78, 5) is 25.3. The summed E-state index contributed by atoms with van der Waals surface area (Å²) in [7, 11) is 1.92. The van der Waals surface area contributed by atoms with Crippen molar-refractivity contribution in [2.24, 2.45) is 12.5 Å². The normalized spacial score (nSPS) is 23.0. The highest BCUT2D eigenvalue weighted by molar-refractivity contribution is 6.08. The fourth-order valence-corrected chi connectivity index (χ4v) is 5.50. The molecule has 29 heavy (non-hydrogen) atoms. The van der Waals surface area contributed by atoms with Gasteiger partial charge in [0.25, 0.3) is 0 Å². The molecule has 3 heterocycles. The fraction of sp³-hybridized carbons (Fsp3) is 0.591. The third kappa shape index (κ3) is 3.31. The van der Waals surface area contributed by atoms with Gasteiger partial charge in [-0.3, -0.25) is 19.7 Å². The molecular weight excluding hydrogens is 366 g/mol. The summed E-state index contributed by atoms with van der Waals surface area (Å²) in [6, 6.07) is 6.19. The Kier molecular flexibility index (Phi) is 4.57. The van der Waals surface area contributed by atoms with Gasteiger partial charge in [-0.15, -0.1) is 0 Å². The predicted octanol–water partition coefficient (Wildman–Crippen LogP) is 3.05. The van der Waals surface area contributed by atoms with Crippen LogP contribution in [0.5, 0.6) is 0 Å². The van der Waals surface area contributed by atoms with Crippen LogP contribution in [-0.4, -0.2) is 41.4 Å². The SMILES string of the molecule is Cn1nc(N2CCC(=O)NC2=O)c2ccc(C3CCC4(CCNCC4)CC3)cc21. The number of amides is 3. The molecule has 3 aliphatic rings. The molecule has 2 aromatic rings. The Bertz CT molecular complexity index is 950. The Balaban J connectivity index is 1.38. The molecule has 0 unspecified atom stereocenters. The molecule has 1 aliphatic carbocycles. The standard InChI is InChI=1S/C22H29N5O2/c1-26-18-14-16(15-4-7-22(8-5-15)9-11-23-12-10-22)2-3-17(18)20(25-26)27-13-6-19(28)24-21(27)29/h2-3,14-15,23H,4-13H2,1H3,(H,24,28,29). The van der Waals surface area contributed by atoms with Crippen molar-refractivity contribution >= 4 is 28.7 Å². The van der Waals surface area contributed by atoms with Gasteiger partial charge in [0.2, 0.25) is 5.91 Å². The molecule has 7 heteroatoms. The van der Waals surface area contributed by atoms with Gasteiger partial charge < -0.3 is 5.32 Å². The average Bonchev–Trinajstić information content (AvgIpc) is 3.05. The molecule has 5 rings (SSSR count). The minimum absolute atomic E-state index is 0.224. The molecule has 7 nitrogen and oxygen atoms in total. The fourth-order valence-electron chi connectivity index (χ4n) is 5.50. The second kappa shape index (κ2) is 7.13. The van der Waals surface area contributed by atoms with E-state index in [0.29, 0.717) is 30.1 Å². The molecule has 2 aliphatic heterocycles. The second-order valence-corrected chi connectivity index (χ2v) is 9.00. The van der Waals surface area contributed by atoms with E-state index < -0.39 is 0 Å². The van der Waals surface area contributed by atoms with Gasteiger partial charge in [0, 0.05) is 25.4 Å². The molecule has 2 saturated heterocycles. The van der Waals surface area contributed by atoms with Gasteiger partial charge in [0.15, 0.2) is 5.82 Å². The predicted molar refractivity (Wildman–Crippen MR) is 112 cm³/mol. The van der Waals surface area contributed by atoms with Gasteiger partial charge in [-0.05, 0) is 80.6 Å². The molecule has 1 aromatic carbocycles. The summed E-state index contributed by atoms with van der Waals surface area (Å²) in [5.41, 5.74) is 3.00. The maximum absolute atomic E-state index is 12.3. The van der Waals surface area contributed by atoms with E-state index in [1.54, 1.807) is 4.90 Å². The van der Waals surface area contributed by atoms with Gasteiger partial charge in [-0.2, -0.15) is 5.10 Å². The maximum Gasteiger partial charge on any atom is 0.329 e. The number of aromatic nitrogens is 2.